The van der Waals surface area contributed by atoms with E-state index in [9.17, 15) is 14.7 Å². The molecule has 94 valence electrons. The molecule has 4 heteroatoms. The molecular weight excluding hydrogens is 218 g/mol. The predicted molar refractivity (Wildman–Crippen MR) is 64.2 cm³/mol. The van der Waals surface area contributed by atoms with Gasteiger partial charge in [0.15, 0.2) is 0 Å². The van der Waals surface area contributed by atoms with Crippen molar-refractivity contribution in [3.63, 3.8) is 0 Å². The van der Waals surface area contributed by atoms with Crippen molar-refractivity contribution in [2.75, 3.05) is 0 Å². The zero-order valence-corrected chi connectivity index (χ0v) is 10.2. The molecule has 0 aromatic rings. The molecule has 0 atom stereocenters. The topological polar surface area (TPSA) is 66.4 Å². The maximum absolute atomic E-state index is 11.6. The SMILES string of the molecule is C#CCCC(=O)NC1(C(=O)O)CCC(C)CC1. The summed E-state index contributed by atoms with van der Waals surface area (Å²) < 4.78 is 0. The molecule has 1 fully saturated rings. The molecular formula is C13H19NO3. The van der Waals surface area contributed by atoms with Crippen LogP contribution in [0.4, 0.5) is 0 Å². The van der Waals surface area contributed by atoms with E-state index in [1.165, 1.54) is 0 Å². The molecule has 0 aromatic heterocycles. The summed E-state index contributed by atoms with van der Waals surface area (Å²) in [6.45, 7) is 2.10. The lowest BCUT2D eigenvalue weighted by Crippen LogP contribution is -2.56. The summed E-state index contributed by atoms with van der Waals surface area (Å²) in [6.07, 6.45) is 8.30. The lowest BCUT2D eigenvalue weighted by Gasteiger charge is -2.36. The smallest absolute Gasteiger partial charge is 0.329 e. The van der Waals surface area contributed by atoms with E-state index in [-0.39, 0.29) is 12.3 Å². The van der Waals surface area contributed by atoms with Gasteiger partial charge in [0.25, 0.3) is 0 Å². The van der Waals surface area contributed by atoms with E-state index in [0.29, 0.717) is 25.2 Å². The van der Waals surface area contributed by atoms with Crippen molar-refractivity contribution in [2.45, 2.75) is 51.0 Å². The van der Waals surface area contributed by atoms with E-state index >= 15 is 0 Å². The highest BCUT2D eigenvalue weighted by atomic mass is 16.4. The Hall–Kier alpha value is -1.50. The number of hydrogen-bond acceptors (Lipinski definition) is 2. The molecule has 0 saturated heterocycles. The number of rotatable bonds is 4. The maximum Gasteiger partial charge on any atom is 0.329 e. The minimum absolute atomic E-state index is 0.196. The highest BCUT2D eigenvalue weighted by molar-refractivity contribution is 5.87. The maximum atomic E-state index is 11.6. The fraction of sp³-hybridized carbons (Fsp3) is 0.692. The minimum atomic E-state index is -1.07. The molecule has 1 saturated carbocycles. The van der Waals surface area contributed by atoms with Crippen LogP contribution in [0.3, 0.4) is 0 Å². The number of nitrogens with one attached hydrogen (secondary N) is 1. The molecule has 1 aliphatic rings. The summed E-state index contributed by atoms with van der Waals surface area (Å²) in [6, 6.07) is 0. The van der Waals surface area contributed by atoms with Gasteiger partial charge in [-0.05, 0) is 31.6 Å². The molecule has 0 radical (unpaired) electrons. The van der Waals surface area contributed by atoms with Gasteiger partial charge in [-0.2, -0.15) is 0 Å². The Balaban J connectivity index is 2.64. The summed E-state index contributed by atoms with van der Waals surface area (Å²) in [5.74, 6) is 1.71. The molecule has 2 N–H and O–H groups in total. The lowest BCUT2D eigenvalue weighted by atomic mass is 9.77. The zero-order valence-electron chi connectivity index (χ0n) is 10.2. The average Bonchev–Trinajstić information content (AvgIpc) is 2.29. The first-order chi connectivity index (χ1) is 8.00. The molecule has 0 aromatic carbocycles. The van der Waals surface area contributed by atoms with Crippen LogP contribution in [0.1, 0.15) is 45.4 Å². The van der Waals surface area contributed by atoms with Crippen molar-refractivity contribution in [3.05, 3.63) is 0 Å². The minimum Gasteiger partial charge on any atom is -0.480 e. The first-order valence-corrected chi connectivity index (χ1v) is 5.98. The quantitative estimate of drug-likeness (QED) is 0.729. The van der Waals surface area contributed by atoms with Crippen LogP contribution in [0.25, 0.3) is 0 Å². The van der Waals surface area contributed by atoms with Crippen LogP contribution in [0.15, 0.2) is 0 Å². The third-order valence-corrected chi connectivity index (χ3v) is 3.41. The normalized spacial score (nSPS) is 28.1. The van der Waals surface area contributed by atoms with Crippen LogP contribution >= 0.6 is 0 Å². The summed E-state index contributed by atoms with van der Waals surface area (Å²) >= 11 is 0. The second-order valence-electron chi connectivity index (χ2n) is 4.82. The third kappa shape index (κ3) is 3.48. The highest BCUT2D eigenvalue weighted by Gasteiger charge is 2.42. The van der Waals surface area contributed by atoms with E-state index < -0.39 is 11.5 Å². The van der Waals surface area contributed by atoms with Gasteiger partial charge in [-0.1, -0.05) is 6.92 Å². The molecule has 1 aliphatic carbocycles. The Morgan fingerprint density at radius 3 is 2.53 bits per heavy atom. The van der Waals surface area contributed by atoms with Gasteiger partial charge in [-0.3, -0.25) is 4.79 Å². The summed E-state index contributed by atoms with van der Waals surface area (Å²) in [7, 11) is 0. The van der Waals surface area contributed by atoms with Gasteiger partial charge in [0.05, 0.1) is 0 Å². The molecule has 0 bridgehead atoms. The average molecular weight is 237 g/mol. The summed E-state index contributed by atoms with van der Waals surface area (Å²) in [5, 5.41) is 11.9. The van der Waals surface area contributed by atoms with Crippen LogP contribution in [-0.2, 0) is 9.59 Å². The first kappa shape index (κ1) is 13.6. The first-order valence-electron chi connectivity index (χ1n) is 5.98. The van der Waals surface area contributed by atoms with Gasteiger partial charge in [0.1, 0.15) is 5.54 Å². The molecule has 4 nitrogen and oxygen atoms in total. The fourth-order valence-electron chi connectivity index (χ4n) is 2.16. The van der Waals surface area contributed by atoms with Gasteiger partial charge in [-0.15, -0.1) is 12.3 Å². The Morgan fingerprint density at radius 1 is 1.47 bits per heavy atom. The largest absolute Gasteiger partial charge is 0.480 e. The second-order valence-corrected chi connectivity index (χ2v) is 4.82. The number of terminal acetylenes is 1. The van der Waals surface area contributed by atoms with Crippen LogP contribution in [0.2, 0.25) is 0 Å². The van der Waals surface area contributed by atoms with Crippen LogP contribution in [0, 0.1) is 18.3 Å². The number of hydrogen-bond donors (Lipinski definition) is 2. The van der Waals surface area contributed by atoms with Crippen LogP contribution in [0.5, 0.6) is 0 Å². The number of amides is 1. The van der Waals surface area contributed by atoms with E-state index in [1.807, 2.05) is 0 Å². The number of aliphatic carboxylic acids is 1. The van der Waals surface area contributed by atoms with Crippen molar-refractivity contribution in [1.82, 2.24) is 5.32 Å². The van der Waals surface area contributed by atoms with Crippen molar-refractivity contribution in [1.29, 1.82) is 0 Å². The van der Waals surface area contributed by atoms with E-state index in [4.69, 9.17) is 6.42 Å². The molecule has 0 spiro atoms. The van der Waals surface area contributed by atoms with Gasteiger partial charge in [-0.25, -0.2) is 4.79 Å². The monoisotopic (exact) mass is 237 g/mol. The Bertz CT molecular complexity index is 335. The van der Waals surface area contributed by atoms with Crippen LogP contribution in [-0.4, -0.2) is 22.5 Å². The van der Waals surface area contributed by atoms with Gasteiger partial charge in [0.2, 0.25) is 5.91 Å². The Labute approximate surface area is 102 Å². The van der Waals surface area contributed by atoms with Crippen molar-refractivity contribution < 1.29 is 14.7 Å². The lowest BCUT2D eigenvalue weighted by molar-refractivity contribution is -0.149. The molecule has 0 aliphatic heterocycles. The Morgan fingerprint density at radius 2 is 2.06 bits per heavy atom. The number of carbonyl (C=O) groups excluding carboxylic acids is 1. The van der Waals surface area contributed by atoms with Crippen molar-refractivity contribution in [3.8, 4) is 12.3 Å². The number of carboxylic acids is 1. The molecule has 17 heavy (non-hydrogen) atoms. The number of carbonyl (C=O) groups is 2. The second kappa shape index (κ2) is 5.72. The fourth-order valence-corrected chi connectivity index (χ4v) is 2.16. The van der Waals surface area contributed by atoms with Crippen molar-refractivity contribution in [2.24, 2.45) is 5.92 Å². The number of carboxylic acid groups (broad SMARTS) is 1. The predicted octanol–water partition coefficient (Wildman–Crippen LogP) is 1.55. The molecule has 1 amide bonds. The van der Waals surface area contributed by atoms with E-state index in [0.717, 1.165) is 12.8 Å². The van der Waals surface area contributed by atoms with E-state index in [2.05, 4.69) is 18.2 Å². The van der Waals surface area contributed by atoms with Gasteiger partial charge in [0, 0.05) is 12.8 Å². The summed E-state index contributed by atoms with van der Waals surface area (Å²) in [4.78, 5) is 22.9. The van der Waals surface area contributed by atoms with Crippen LogP contribution < -0.4 is 5.32 Å². The van der Waals surface area contributed by atoms with Gasteiger partial charge >= 0.3 is 5.97 Å². The van der Waals surface area contributed by atoms with Gasteiger partial charge < -0.3 is 10.4 Å². The standard InChI is InChI=1S/C13H19NO3/c1-3-4-5-11(15)14-13(12(16)17)8-6-10(2)7-9-13/h1,10H,4-9H2,2H3,(H,14,15)(H,16,17). The highest BCUT2D eigenvalue weighted by Crippen LogP contribution is 2.32. The van der Waals surface area contributed by atoms with Crippen molar-refractivity contribution >= 4 is 11.9 Å². The molecule has 1 rings (SSSR count). The van der Waals surface area contributed by atoms with E-state index in [1.54, 1.807) is 0 Å². The summed E-state index contributed by atoms with van der Waals surface area (Å²) in [5.41, 5.74) is -1.07. The Kier molecular flexibility index (Phi) is 4.56. The third-order valence-electron chi connectivity index (χ3n) is 3.41. The molecule has 0 unspecified atom stereocenters. The molecule has 0 heterocycles. The zero-order chi connectivity index (χ0) is 12.9.